The van der Waals surface area contributed by atoms with Gasteiger partial charge >= 0.3 is 0 Å². The van der Waals surface area contributed by atoms with Crippen molar-refractivity contribution in [3.8, 4) is 5.75 Å². The first kappa shape index (κ1) is 15.5. The van der Waals surface area contributed by atoms with E-state index >= 15 is 0 Å². The fourth-order valence-electron chi connectivity index (χ4n) is 1.92. The molecule has 5 heteroatoms. The first-order valence-electron chi connectivity index (χ1n) is 6.34. The van der Waals surface area contributed by atoms with Crippen molar-refractivity contribution in [2.75, 3.05) is 7.11 Å². The molecule has 1 aromatic carbocycles. The molecule has 3 nitrogen and oxygen atoms in total. The van der Waals surface area contributed by atoms with Crippen LogP contribution in [0.4, 0.5) is 0 Å². The maximum Gasteiger partial charge on any atom is 0.119 e. The zero-order valence-corrected chi connectivity index (χ0v) is 13.9. The number of thiophene rings is 1. The van der Waals surface area contributed by atoms with E-state index in [0.717, 1.165) is 20.7 Å². The lowest BCUT2D eigenvalue weighted by Gasteiger charge is -2.20. The molecule has 2 rings (SSSR count). The van der Waals surface area contributed by atoms with Gasteiger partial charge in [-0.2, -0.15) is 0 Å². The summed E-state index contributed by atoms with van der Waals surface area (Å²) < 4.78 is 12.3. The highest BCUT2D eigenvalue weighted by Gasteiger charge is 2.19. The van der Waals surface area contributed by atoms with E-state index in [-0.39, 0.29) is 12.1 Å². The number of methoxy groups -OCH3 is 1. The molecule has 1 aromatic heterocycles. The van der Waals surface area contributed by atoms with Gasteiger partial charge in [0.25, 0.3) is 0 Å². The van der Waals surface area contributed by atoms with Crippen LogP contribution < -0.4 is 10.5 Å². The summed E-state index contributed by atoms with van der Waals surface area (Å²) in [5, 5.41) is 2.04. The zero-order chi connectivity index (χ0) is 14.5. The predicted octanol–water partition coefficient (Wildman–Crippen LogP) is 4.12. The van der Waals surface area contributed by atoms with Gasteiger partial charge in [0, 0.05) is 20.8 Å². The van der Waals surface area contributed by atoms with Crippen LogP contribution in [0.25, 0.3) is 0 Å². The second-order valence-corrected chi connectivity index (χ2v) is 6.47. The molecule has 0 aliphatic carbocycles. The van der Waals surface area contributed by atoms with Crippen molar-refractivity contribution in [1.29, 1.82) is 0 Å². The SMILES string of the molecule is COc1cccc(COC(c2cc(Br)cs2)C(C)N)c1. The maximum absolute atomic E-state index is 6.04. The Balaban J connectivity index is 2.05. The normalized spacial score (nSPS) is 14.0. The Morgan fingerprint density at radius 3 is 2.75 bits per heavy atom. The Hall–Kier alpha value is -0.880. The molecule has 0 radical (unpaired) electrons. The summed E-state index contributed by atoms with van der Waals surface area (Å²) >= 11 is 5.11. The standard InChI is InChI=1S/C15H18BrNO2S/c1-10(17)15(14-7-12(16)9-20-14)19-8-11-4-3-5-13(6-11)18-2/h3-7,9-10,15H,8,17H2,1-2H3. The van der Waals surface area contributed by atoms with Crippen LogP contribution in [-0.2, 0) is 11.3 Å². The molecule has 20 heavy (non-hydrogen) atoms. The van der Waals surface area contributed by atoms with Crippen LogP contribution in [0.1, 0.15) is 23.5 Å². The van der Waals surface area contributed by atoms with Crippen LogP contribution in [0.3, 0.4) is 0 Å². The van der Waals surface area contributed by atoms with Gasteiger partial charge in [-0.15, -0.1) is 11.3 Å². The summed E-state index contributed by atoms with van der Waals surface area (Å²) in [6.07, 6.45) is -0.0995. The molecule has 0 aliphatic heterocycles. The Morgan fingerprint density at radius 2 is 2.15 bits per heavy atom. The van der Waals surface area contributed by atoms with Gasteiger partial charge in [-0.3, -0.25) is 0 Å². The van der Waals surface area contributed by atoms with E-state index in [1.165, 1.54) is 0 Å². The third kappa shape index (κ3) is 4.06. The number of hydrogen-bond donors (Lipinski definition) is 1. The number of hydrogen-bond acceptors (Lipinski definition) is 4. The smallest absolute Gasteiger partial charge is 0.119 e. The Bertz CT molecular complexity index is 556. The van der Waals surface area contributed by atoms with E-state index < -0.39 is 0 Å². The Kier molecular flexibility index (Phi) is 5.60. The average Bonchev–Trinajstić information content (AvgIpc) is 2.85. The monoisotopic (exact) mass is 355 g/mol. The summed E-state index contributed by atoms with van der Waals surface area (Å²) in [5.41, 5.74) is 7.11. The highest BCUT2D eigenvalue weighted by Crippen LogP contribution is 2.30. The molecular weight excluding hydrogens is 338 g/mol. The van der Waals surface area contributed by atoms with Gasteiger partial charge in [0.15, 0.2) is 0 Å². The lowest BCUT2D eigenvalue weighted by atomic mass is 10.1. The van der Waals surface area contributed by atoms with Crippen molar-refractivity contribution in [1.82, 2.24) is 0 Å². The van der Waals surface area contributed by atoms with E-state index in [0.29, 0.717) is 6.61 Å². The number of nitrogens with two attached hydrogens (primary N) is 1. The van der Waals surface area contributed by atoms with Gasteiger partial charge in [-0.05, 0) is 46.6 Å². The lowest BCUT2D eigenvalue weighted by Crippen LogP contribution is -2.26. The molecule has 108 valence electrons. The number of halogens is 1. The summed E-state index contributed by atoms with van der Waals surface area (Å²) in [6, 6.07) is 9.87. The molecule has 2 aromatic rings. The van der Waals surface area contributed by atoms with Gasteiger partial charge in [-0.1, -0.05) is 12.1 Å². The van der Waals surface area contributed by atoms with Crippen molar-refractivity contribution in [2.45, 2.75) is 25.7 Å². The summed E-state index contributed by atoms with van der Waals surface area (Å²) in [4.78, 5) is 1.13. The van der Waals surface area contributed by atoms with Gasteiger partial charge in [0.2, 0.25) is 0 Å². The van der Waals surface area contributed by atoms with Crippen LogP contribution in [0, 0.1) is 0 Å². The molecule has 2 N–H and O–H groups in total. The molecule has 0 aliphatic rings. The minimum absolute atomic E-state index is 0.0637. The third-order valence-corrected chi connectivity index (χ3v) is 4.66. The molecule has 0 amide bonds. The van der Waals surface area contributed by atoms with Gasteiger partial charge < -0.3 is 15.2 Å². The molecule has 0 bridgehead atoms. The molecular formula is C15H18BrNO2S. The van der Waals surface area contributed by atoms with Gasteiger partial charge in [0.05, 0.1) is 13.7 Å². The minimum Gasteiger partial charge on any atom is -0.497 e. The average molecular weight is 356 g/mol. The fourth-order valence-corrected chi connectivity index (χ4v) is 3.53. The number of ether oxygens (including phenoxy) is 2. The molecule has 0 saturated carbocycles. The van der Waals surface area contributed by atoms with Crippen molar-refractivity contribution in [3.05, 3.63) is 50.6 Å². The van der Waals surface area contributed by atoms with Crippen LogP contribution in [0.5, 0.6) is 5.75 Å². The molecule has 0 spiro atoms. The lowest BCUT2D eigenvalue weighted by molar-refractivity contribution is 0.0281. The zero-order valence-electron chi connectivity index (χ0n) is 11.5. The van der Waals surface area contributed by atoms with E-state index in [9.17, 15) is 0 Å². The summed E-state index contributed by atoms with van der Waals surface area (Å²) in [7, 11) is 1.66. The topological polar surface area (TPSA) is 44.5 Å². The first-order chi connectivity index (χ1) is 9.60. The predicted molar refractivity (Wildman–Crippen MR) is 86.2 cm³/mol. The third-order valence-electron chi connectivity index (χ3n) is 2.91. The Morgan fingerprint density at radius 1 is 1.35 bits per heavy atom. The second kappa shape index (κ2) is 7.22. The van der Waals surface area contributed by atoms with Crippen molar-refractivity contribution >= 4 is 27.3 Å². The number of rotatable bonds is 6. The number of benzene rings is 1. The maximum atomic E-state index is 6.04. The largest absolute Gasteiger partial charge is 0.497 e. The quantitative estimate of drug-likeness (QED) is 0.847. The van der Waals surface area contributed by atoms with Crippen LogP contribution in [-0.4, -0.2) is 13.2 Å². The molecule has 2 unspecified atom stereocenters. The van der Waals surface area contributed by atoms with Crippen molar-refractivity contribution < 1.29 is 9.47 Å². The Labute approximate surface area is 131 Å². The van der Waals surface area contributed by atoms with E-state index in [1.807, 2.05) is 36.6 Å². The molecule has 0 saturated heterocycles. The highest BCUT2D eigenvalue weighted by molar-refractivity contribution is 9.10. The highest BCUT2D eigenvalue weighted by atomic mass is 79.9. The fraction of sp³-hybridized carbons (Fsp3) is 0.333. The minimum atomic E-state index is -0.0995. The molecule has 0 fully saturated rings. The van der Waals surface area contributed by atoms with Gasteiger partial charge in [-0.25, -0.2) is 0 Å². The van der Waals surface area contributed by atoms with Crippen LogP contribution >= 0.6 is 27.3 Å². The van der Waals surface area contributed by atoms with E-state index in [1.54, 1.807) is 18.4 Å². The summed E-state index contributed by atoms with van der Waals surface area (Å²) in [5.74, 6) is 0.835. The molecule has 2 atom stereocenters. The second-order valence-electron chi connectivity index (χ2n) is 4.61. The molecule has 1 heterocycles. The van der Waals surface area contributed by atoms with Gasteiger partial charge in [0.1, 0.15) is 11.9 Å². The summed E-state index contributed by atoms with van der Waals surface area (Å²) in [6.45, 7) is 2.47. The van der Waals surface area contributed by atoms with E-state index in [4.69, 9.17) is 15.2 Å². The van der Waals surface area contributed by atoms with E-state index in [2.05, 4.69) is 22.0 Å². The van der Waals surface area contributed by atoms with Crippen molar-refractivity contribution in [2.24, 2.45) is 5.73 Å². The van der Waals surface area contributed by atoms with Crippen LogP contribution in [0.15, 0.2) is 40.2 Å². The van der Waals surface area contributed by atoms with Crippen LogP contribution in [0.2, 0.25) is 0 Å². The van der Waals surface area contributed by atoms with Crippen molar-refractivity contribution in [3.63, 3.8) is 0 Å². The first-order valence-corrected chi connectivity index (χ1v) is 8.01.